The van der Waals surface area contributed by atoms with Crippen molar-refractivity contribution in [2.45, 2.75) is 30.0 Å². The molecule has 2 aromatic carbocycles. The molecule has 4 rings (SSSR count). The van der Waals surface area contributed by atoms with Gasteiger partial charge in [-0.2, -0.15) is 13.2 Å². The molecule has 1 saturated heterocycles. The van der Waals surface area contributed by atoms with E-state index in [0.29, 0.717) is 11.7 Å². The number of hydrogen-bond donors (Lipinski definition) is 0. The fourth-order valence-electron chi connectivity index (χ4n) is 3.42. The Morgan fingerprint density at radius 1 is 1.30 bits per heavy atom. The molecule has 1 amide bonds. The Morgan fingerprint density at radius 2 is 2.10 bits per heavy atom. The summed E-state index contributed by atoms with van der Waals surface area (Å²) in [6.45, 7) is 0.871. The molecule has 3 aromatic rings. The van der Waals surface area contributed by atoms with Crippen molar-refractivity contribution in [1.29, 1.82) is 0 Å². The van der Waals surface area contributed by atoms with Gasteiger partial charge in [-0.3, -0.25) is 9.69 Å². The number of thiazole rings is 1. The molecule has 0 spiro atoms. The molecular formula is C21H19F3N2O2S2. The van der Waals surface area contributed by atoms with Gasteiger partial charge in [-0.25, -0.2) is 4.98 Å². The molecular weight excluding hydrogens is 433 g/mol. The molecule has 1 aromatic heterocycles. The number of para-hydroxylation sites is 1. The van der Waals surface area contributed by atoms with E-state index in [4.69, 9.17) is 4.74 Å². The van der Waals surface area contributed by atoms with Gasteiger partial charge in [0, 0.05) is 17.1 Å². The molecule has 1 fully saturated rings. The van der Waals surface area contributed by atoms with Crippen LogP contribution in [0, 0.1) is 0 Å². The van der Waals surface area contributed by atoms with Crippen molar-refractivity contribution in [3.63, 3.8) is 0 Å². The van der Waals surface area contributed by atoms with Gasteiger partial charge in [0.15, 0.2) is 5.13 Å². The van der Waals surface area contributed by atoms with Crippen molar-refractivity contribution < 1.29 is 22.7 Å². The number of anilines is 1. The Labute approximate surface area is 180 Å². The highest BCUT2D eigenvalue weighted by atomic mass is 32.2. The van der Waals surface area contributed by atoms with Crippen LogP contribution in [-0.2, 0) is 10.9 Å². The molecule has 0 aliphatic carbocycles. The predicted molar refractivity (Wildman–Crippen MR) is 113 cm³/mol. The summed E-state index contributed by atoms with van der Waals surface area (Å²) in [6.07, 6.45) is -1.03. The average molecular weight is 453 g/mol. The molecule has 0 saturated carbocycles. The third-order valence-corrected chi connectivity index (χ3v) is 6.73. The third-order valence-electron chi connectivity index (χ3n) is 4.91. The highest BCUT2D eigenvalue weighted by Crippen LogP contribution is 2.36. The maximum Gasteiger partial charge on any atom is 0.416 e. The molecule has 1 aliphatic rings. The van der Waals surface area contributed by atoms with E-state index >= 15 is 0 Å². The van der Waals surface area contributed by atoms with Crippen molar-refractivity contribution in [1.82, 2.24) is 4.98 Å². The van der Waals surface area contributed by atoms with Crippen LogP contribution in [0.25, 0.3) is 10.2 Å². The van der Waals surface area contributed by atoms with E-state index in [2.05, 4.69) is 4.98 Å². The number of benzene rings is 2. The van der Waals surface area contributed by atoms with E-state index in [-0.39, 0.29) is 18.2 Å². The van der Waals surface area contributed by atoms with Gasteiger partial charge in [0.2, 0.25) is 0 Å². The molecule has 0 bridgehead atoms. The van der Waals surface area contributed by atoms with Gasteiger partial charge in [-0.15, -0.1) is 11.8 Å². The van der Waals surface area contributed by atoms with Crippen molar-refractivity contribution in [3.05, 3.63) is 53.6 Å². The number of aromatic nitrogens is 1. The second-order valence-electron chi connectivity index (χ2n) is 6.93. The normalized spacial score (nSPS) is 16.9. The summed E-state index contributed by atoms with van der Waals surface area (Å²) in [7, 11) is 0. The first-order chi connectivity index (χ1) is 14.4. The lowest BCUT2D eigenvalue weighted by Gasteiger charge is -2.23. The Kier molecular flexibility index (Phi) is 6.04. The van der Waals surface area contributed by atoms with Crippen LogP contribution < -0.4 is 4.90 Å². The summed E-state index contributed by atoms with van der Waals surface area (Å²) in [5, 5.41) is 0.462. The van der Waals surface area contributed by atoms with Gasteiger partial charge in [0.05, 0.1) is 28.4 Å². The number of rotatable bonds is 5. The number of halogens is 3. The minimum Gasteiger partial charge on any atom is -0.376 e. The van der Waals surface area contributed by atoms with E-state index in [1.807, 2.05) is 24.5 Å². The molecule has 0 radical (unpaired) electrons. The number of amides is 1. The molecule has 1 atom stereocenters. The monoisotopic (exact) mass is 452 g/mol. The van der Waals surface area contributed by atoms with E-state index in [1.54, 1.807) is 11.8 Å². The maximum absolute atomic E-state index is 13.3. The summed E-state index contributed by atoms with van der Waals surface area (Å²) in [5.74, 6) is -0.513. The quantitative estimate of drug-likeness (QED) is 0.455. The summed E-state index contributed by atoms with van der Waals surface area (Å²) >= 11 is 2.91. The van der Waals surface area contributed by atoms with Gasteiger partial charge < -0.3 is 4.74 Å². The molecule has 0 N–H and O–H groups in total. The zero-order valence-corrected chi connectivity index (χ0v) is 17.7. The lowest BCUT2D eigenvalue weighted by molar-refractivity contribution is -0.137. The van der Waals surface area contributed by atoms with Crippen LogP contribution in [0.5, 0.6) is 0 Å². The summed E-state index contributed by atoms with van der Waals surface area (Å²) in [5.41, 5.74) is -0.0780. The fourth-order valence-corrected chi connectivity index (χ4v) is 5.04. The number of nitrogens with zero attached hydrogens (tertiary/aromatic N) is 2. The molecule has 1 unspecified atom stereocenters. The van der Waals surface area contributed by atoms with Gasteiger partial charge in [-0.05, 0) is 49.4 Å². The van der Waals surface area contributed by atoms with E-state index in [0.717, 1.165) is 40.1 Å². The minimum absolute atomic E-state index is 0.0211. The van der Waals surface area contributed by atoms with E-state index in [9.17, 15) is 18.0 Å². The highest BCUT2D eigenvalue weighted by Gasteiger charge is 2.32. The number of fused-ring (bicyclic) bond motifs is 1. The van der Waals surface area contributed by atoms with E-state index in [1.165, 1.54) is 28.4 Å². The van der Waals surface area contributed by atoms with Gasteiger partial charge in [-0.1, -0.05) is 23.5 Å². The molecule has 2 heterocycles. The fraction of sp³-hybridized carbons (Fsp3) is 0.333. The Hall–Kier alpha value is -2.10. The number of carbonyl (C=O) groups is 1. The predicted octanol–water partition coefficient (Wildman–Crippen LogP) is 5.86. The number of carbonyl (C=O) groups excluding carboxylic acids is 1. The molecule has 9 heteroatoms. The summed E-state index contributed by atoms with van der Waals surface area (Å²) in [4.78, 5) is 20.4. The van der Waals surface area contributed by atoms with Crippen molar-refractivity contribution in [3.8, 4) is 0 Å². The van der Waals surface area contributed by atoms with Crippen molar-refractivity contribution >= 4 is 44.4 Å². The van der Waals surface area contributed by atoms with Crippen LogP contribution in [0.2, 0.25) is 0 Å². The minimum atomic E-state index is -4.52. The largest absolute Gasteiger partial charge is 0.416 e. The molecule has 30 heavy (non-hydrogen) atoms. The van der Waals surface area contributed by atoms with Crippen LogP contribution in [0.4, 0.5) is 18.3 Å². The van der Waals surface area contributed by atoms with E-state index < -0.39 is 17.6 Å². The van der Waals surface area contributed by atoms with Crippen LogP contribution in [-0.4, -0.2) is 36.4 Å². The van der Waals surface area contributed by atoms with Crippen LogP contribution in [0.3, 0.4) is 0 Å². The van der Waals surface area contributed by atoms with Crippen molar-refractivity contribution in [2.24, 2.45) is 0 Å². The number of hydrogen-bond acceptors (Lipinski definition) is 5. The Balaban J connectivity index is 1.74. The first-order valence-electron chi connectivity index (χ1n) is 9.41. The first kappa shape index (κ1) is 21.1. The average Bonchev–Trinajstić information content (AvgIpc) is 3.40. The summed E-state index contributed by atoms with van der Waals surface area (Å²) < 4.78 is 46.1. The zero-order valence-electron chi connectivity index (χ0n) is 16.1. The standard InChI is InChI=1S/C21H19F3N2O2S2/c1-29-16-8-3-9-17-18(16)25-20(30-17)26(12-15-7-4-10-28-15)19(27)13-5-2-6-14(11-13)21(22,23)24/h2-3,5-6,8-9,11,15H,4,7,10,12H2,1H3. The van der Waals surface area contributed by atoms with Gasteiger partial charge >= 0.3 is 6.18 Å². The maximum atomic E-state index is 13.3. The lowest BCUT2D eigenvalue weighted by atomic mass is 10.1. The number of thioether (sulfide) groups is 1. The van der Waals surface area contributed by atoms with Gasteiger partial charge in [0.1, 0.15) is 0 Å². The van der Waals surface area contributed by atoms with Gasteiger partial charge in [0.25, 0.3) is 5.91 Å². The molecule has 4 nitrogen and oxygen atoms in total. The number of alkyl halides is 3. The Morgan fingerprint density at radius 3 is 2.80 bits per heavy atom. The SMILES string of the molecule is CSc1cccc2sc(N(CC3CCCO3)C(=O)c3cccc(C(F)(F)F)c3)nc12. The third kappa shape index (κ3) is 4.33. The highest BCUT2D eigenvalue weighted by molar-refractivity contribution is 7.98. The van der Waals surface area contributed by atoms with Crippen LogP contribution >= 0.6 is 23.1 Å². The Bertz CT molecular complexity index is 1060. The topological polar surface area (TPSA) is 42.4 Å². The second-order valence-corrected chi connectivity index (χ2v) is 8.79. The first-order valence-corrected chi connectivity index (χ1v) is 11.4. The second kappa shape index (κ2) is 8.56. The lowest BCUT2D eigenvalue weighted by Crippen LogP contribution is -2.37. The smallest absolute Gasteiger partial charge is 0.376 e. The summed E-state index contributed by atoms with van der Waals surface area (Å²) in [6, 6.07) is 10.3. The zero-order chi connectivity index (χ0) is 21.3. The molecule has 1 aliphatic heterocycles. The van der Waals surface area contributed by atoms with Crippen molar-refractivity contribution in [2.75, 3.05) is 24.3 Å². The molecule has 158 valence electrons. The van der Waals surface area contributed by atoms with Crippen LogP contribution in [0.15, 0.2) is 47.4 Å². The van der Waals surface area contributed by atoms with Crippen LogP contribution in [0.1, 0.15) is 28.8 Å². The number of ether oxygens (including phenoxy) is 1.